The minimum absolute atomic E-state index is 0.126. The van der Waals surface area contributed by atoms with Crippen LogP contribution in [0.25, 0.3) is 0 Å². The van der Waals surface area contributed by atoms with E-state index in [1.54, 1.807) is 29.0 Å². The van der Waals surface area contributed by atoms with Crippen molar-refractivity contribution in [2.75, 3.05) is 24.3 Å². The maximum absolute atomic E-state index is 14.1. The molecule has 1 aliphatic carbocycles. The number of thioether (sulfide) groups is 1. The zero-order valence-corrected chi connectivity index (χ0v) is 20.1. The molecule has 0 bridgehead atoms. The molecule has 34 heavy (non-hydrogen) atoms. The van der Waals surface area contributed by atoms with E-state index in [2.05, 4.69) is 11.4 Å². The van der Waals surface area contributed by atoms with Gasteiger partial charge in [-0.3, -0.25) is 9.69 Å². The van der Waals surface area contributed by atoms with Gasteiger partial charge in [-0.2, -0.15) is 5.26 Å². The van der Waals surface area contributed by atoms with E-state index in [1.807, 2.05) is 30.3 Å². The van der Waals surface area contributed by atoms with Crippen LogP contribution in [0.3, 0.4) is 0 Å². The minimum Gasteiger partial charge on any atom is -0.497 e. The molecular formula is C26H28N4O3S. The number of ether oxygens (including phenoxy) is 1. The van der Waals surface area contributed by atoms with Crippen LogP contribution < -0.4 is 15.0 Å². The van der Waals surface area contributed by atoms with Crippen molar-refractivity contribution in [2.45, 2.75) is 49.6 Å². The highest BCUT2D eigenvalue weighted by atomic mass is 32.2. The van der Waals surface area contributed by atoms with E-state index < -0.39 is 4.87 Å². The number of nitrogens with zero attached hydrogens (tertiary/aromatic N) is 3. The molecule has 176 valence electrons. The summed E-state index contributed by atoms with van der Waals surface area (Å²) >= 11 is 1.51. The fourth-order valence-electron chi connectivity index (χ4n) is 5.30. The van der Waals surface area contributed by atoms with E-state index in [0.29, 0.717) is 30.2 Å². The summed E-state index contributed by atoms with van der Waals surface area (Å²) in [6.07, 6.45) is 5.43. The summed E-state index contributed by atoms with van der Waals surface area (Å²) in [7, 11) is 1.60. The number of methoxy groups -OCH3 is 1. The van der Waals surface area contributed by atoms with Crippen molar-refractivity contribution < 1.29 is 14.3 Å². The summed E-state index contributed by atoms with van der Waals surface area (Å²) in [5, 5.41) is 12.5. The van der Waals surface area contributed by atoms with Crippen LogP contribution in [-0.2, 0) is 16.2 Å². The lowest BCUT2D eigenvalue weighted by molar-refractivity contribution is -0.123. The smallest absolute Gasteiger partial charge is 0.319 e. The first-order chi connectivity index (χ1) is 16.6. The number of amides is 3. The molecule has 1 unspecified atom stereocenters. The summed E-state index contributed by atoms with van der Waals surface area (Å²) in [6.45, 7) is 0.831. The number of hydrogen-bond donors (Lipinski definition) is 1. The van der Waals surface area contributed by atoms with Crippen molar-refractivity contribution >= 4 is 29.4 Å². The van der Waals surface area contributed by atoms with Gasteiger partial charge in [0.05, 0.1) is 31.0 Å². The zero-order chi connectivity index (χ0) is 23.7. The number of rotatable bonds is 4. The second-order valence-electron chi connectivity index (χ2n) is 9.02. The number of carbonyl (C=O) groups excluding carboxylic acids is 2. The van der Waals surface area contributed by atoms with E-state index in [-0.39, 0.29) is 18.0 Å². The van der Waals surface area contributed by atoms with E-state index >= 15 is 0 Å². The molecule has 3 amide bonds. The molecule has 0 aromatic heterocycles. The number of benzene rings is 2. The Bertz CT molecular complexity index is 1160. The van der Waals surface area contributed by atoms with Gasteiger partial charge in [0.2, 0.25) is 0 Å². The average Bonchev–Trinajstić information content (AvgIpc) is 3.41. The third-order valence-electron chi connectivity index (χ3n) is 6.98. The van der Waals surface area contributed by atoms with Crippen molar-refractivity contribution in [1.29, 1.82) is 5.26 Å². The van der Waals surface area contributed by atoms with Gasteiger partial charge >= 0.3 is 6.03 Å². The van der Waals surface area contributed by atoms with E-state index in [4.69, 9.17) is 4.74 Å². The summed E-state index contributed by atoms with van der Waals surface area (Å²) < 4.78 is 5.48. The van der Waals surface area contributed by atoms with Gasteiger partial charge in [-0.15, -0.1) is 11.8 Å². The van der Waals surface area contributed by atoms with Gasteiger partial charge in [0.1, 0.15) is 5.75 Å². The summed E-state index contributed by atoms with van der Waals surface area (Å²) in [5.74, 6) is 1.21. The third kappa shape index (κ3) is 3.78. The molecule has 0 radical (unpaired) electrons. The van der Waals surface area contributed by atoms with Crippen molar-refractivity contribution in [3.8, 4) is 11.8 Å². The first-order valence-electron chi connectivity index (χ1n) is 11.8. The normalized spacial score (nSPS) is 22.1. The Hall–Kier alpha value is -3.18. The standard InChI is InChI=1S/C26H28N4O3S/c1-33-21-10-11-23-22(15-21)26(24(31)29(23)17-19-7-5-6-18(14-19)16-27)30(12-13-34-26)25(32)28-20-8-3-2-4-9-20/h5-7,10-11,14-15,20H,2-4,8-9,12-13,17H2,1H3,(H,28,32). The quantitative estimate of drug-likeness (QED) is 0.709. The predicted molar refractivity (Wildman–Crippen MR) is 132 cm³/mol. The second-order valence-corrected chi connectivity index (χ2v) is 10.3. The SMILES string of the molecule is COc1ccc2c(c1)C1(SCCN1C(=O)NC1CCCCC1)C(=O)N2Cc1cccc(C#N)c1. The minimum atomic E-state index is -1.12. The Kier molecular flexibility index (Phi) is 6.13. The fraction of sp³-hybridized carbons (Fsp3) is 0.423. The molecular weight excluding hydrogens is 448 g/mol. The largest absolute Gasteiger partial charge is 0.497 e. The molecule has 5 rings (SSSR count). The summed E-state index contributed by atoms with van der Waals surface area (Å²) in [6, 6.07) is 15.1. The van der Waals surface area contributed by atoms with Crippen molar-refractivity contribution in [3.63, 3.8) is 0 Å². The lowest BCUT2D eigenvalue weighted by atomic mass is 9.95. The number of nitrogens with one attached hydrogen (secondary N) is 1. The van der Waals surface area contributed by atoms with Crippen LogP contribution in [0, 0.1) is 11.3 Å². The van der Waals surface area contributed by atoms with Crippen molar-refractivity contribution in [2.24, 2.45) is 0 Å². The topological polar surface area (TPSA) is 85.7 Å². The van der Waals surface area contributed by atoms with Crippen molar-refractivity contribution in [3.05, 3.63) is 59.2 Å². The van der Waals surface area contributed by atoms with E-state index in [1.165, 1.54) is 18.2 Å². The first kappa shape index (κ1) is 22.6. The average molecular weight is 477 g/mol. The highest BCUT2D eigenvalue weighted by Gasteiger charge is 2.59. The molecule has 7 nitrogen and oxygen atoms in total. The van der Waals surface area contributed by atoms with E-state index in [9.17, 15) is 14.9 Å². The molecule has 2 aliphatic heterocycles. The number of nitriles is 1. The van der Waals surface area contributed by atoms with Gasteiger partial charge in [-0.05, 0) is 48.7 Å². The molecule has 2 aromatic carbocycles. The lowest BCUT2D eigenvalue weighted by Gasteiger charge is -2.35. The molecule has 2 fully saturated rings. The molecule has 2 aromatic rings. The molecule has 3 aliphatic rings. The number of fused-ring (bicyclic) bond motifs is 2. The molecule has 8 heteroatoms. The van der Waals surface area contributed by atoms with Gasteiger partial charge < -0.3 is 15.0 Å². The zero-order valence-electron chi connectivity index (χ0n) is 19.3. The Morgan fingerprint density at radius 3 is 2.82 bits per heavy atom. The number of hydrogen-bond acceptors (Lipinski definition) is 5. The highest BCUT2D eigenvalue weighted by Crippen LogP contribution is 2.55. The number of carbonyl (C=O) groups is 2. The van der Waals surface area contributed by atoms with Gasteiger partial charge in [-0.1, -0.05) is 31.4 Å². The molecule has 1 saturated heterocycles. The van der Waals surface area contributed by atoms with Gasteiger partial charge in [-0.25, -0.2) is 4.79 Å². The Morgan fingerprint density at radius 1 is 1.24 bits per heavy atom. The summed E-state index contributed by atoms with van der Waals surface area (Å²) in [5.41, 5.74) is 2.98. The molecule has 1 N–H and O–H groups in total. The van der Waals surface area contributed by atoms with Crippen LogP contribution >= 0.6 is 11.8 Å². The Balaban J connectivity index is 1.51. The van der Waals surface area contributed by atoms with E-state index in [0.717, 1.165) is 42.5 Å². The van der Waals surface area contributed by atoms with Crippen LogP contribution in [0.4, 0.5) is 10.5 Å². The highest BCUT2D eigenvalue weighted by molar-refractivity contribution is 8.01. The summed E-state index contributed by atoms with van der Waals surface area (Å²) in [4.78, 5) is 30.0. The van der Waals surface area contributed by atoms with Crippen LogP contribution in [0.1, 0.15) is 48.8 Å². The molecule has 1 atom stereocenters. The molecule has 1 spiro atoms. The number of urea groups is 1. The molecule has 2 heterocycles. The van der Waals surface area contributed by atoms with Gasteiger partial charge in [0.25, 0.3) is 5.91 Å². The Morgan fingerprint density at radius 2 is 2.06 bits per heavy atom. The predicted octanol–water partition coefficient (Wildman–Crippen LogP) is 4.36. The van der Waals surface area contributed by atoms with Gasteiger partial charge in [0, 0.05) is 23.9 Å². The van der Waals surface area contributed by atoms with Crippen LogP contribution in [0.5, 0.6) is 5.75 Å². The van der Waals surface area contributed by atoms with Crippen LogP contribution in [0.15, 0.2) is 42.5 Å². The second kappa shape index (κ2) is 9.22. The van der Waals surface area contributed by atoms with Crippen LogP contribution in [-0.4, -0.2) is 42.3 Å². The maximum atomic E-state index is 14.1. The third-order valence-corrected chi connectivity index (χ3v) is 8.39. The van der Waals surface area contributed by atoms with Crippen LogP contribution in [0.2, 0.25) is 0 Å². The lowest BCUT2D eigenvalue weighted by Crippen LogP contribution is -2.55. The monoisotopic (exact) mass is 476 g/mol. The van der Waals surface area contributed by atoms with Gasteiger partial charge in [0.15, 0.2) is 4.87 Å². The Labute approximate surface area is 204 Å². The van der Waals surface area contributed by atoms with Crippen molar-refractivity contribution in [1.82, 2.24) is 10.2 Å². The first-order valence-corrected chi connectivity index (χ1v) is 12.8. The maximum Gasteiger partial charge on any atom is 0.319 e. The fourth-order valence-corrected chi connectivity index (χ4v) is 6.75. The molecule has 1 saturated carbocycles. The number of anilines is 1.